The van der Waals surface area contributed by atoms with E-state index in [0.717, 1.165) is 26.1 Å². The van der Waals surface area contributed by atoms with Gasteiger partial charge in [-0.05, 0) is 37.6 Å². The molecule has 0 unspecified atom stereocenters. The maximum absolute atomic E-state index is 12.4. The van der Waals surface area contributed by atoms with Gasteiger partial charge in [0.15, 0.2) is 4.80 Å². The molecule has 1 heterocycles. The molecule has 1 amide bonds. The van der Waals surface area contributed by atoms with Gasteiger partial charge in [-0.25, -0.2) is 0 Å². The second kappa shape index (κ2) is 5.30. The Kier molecular flexibility index (Phi) is 3.47. The van der Waals surface area contributed by atoms with Gasteiger partial charge < -0.3 is 4.57 Å². The van der Waals surface area contributed by atoms with Crippen molar-refractivity contribution in [3.8, 4) is 0 Å². The number of aryl methyl sites for hydroxylation is 3. The second-order valence-corrected chi connectivity index (χ2v) is 6.16. The Labute approximate surface area is 127 Å². The van der Waals surface area contributed by atoms with Crippen LogP contribution in [0.3, 0.4) is 0 Å². The van der Waals surface area contributed by atoms with E-state index in [1.165, 1.54) is 11.3 Å². The lowest BCUT2D eigenvalue weighted by molar-refractivity contribution is 0.0997. The molecule has 21 heavy (non-hydrogen) atoms. The summed E-state index contributed by atoms with van der Waals surface area (Å²) in [6.07, 6.45) is 0. The van der Waals surface area contributed by atoms with Crippen molar-refractivity contribution in [3.63, 3.8) is 0 Å². The van der Waals surface area contributed by atoms with E-state index in [9.17, 15) is 4.79 Å². The summed E-state index contributed by atoms with van der Waals surface area (Å²) in [5, 5.41) is 0. The van der Waals surface area contributed by atoms with Crippen LogP contribution in [0, 0.1) is 13.8 Å². The molecular weight excluding hydrogens is 280 g/mol. The third-order valence-corrected chi connectivity index (χ3v) is 4.65. The Morgan fingerprint density at radius 3 is 2.67 bits per heavy atom. The fourth-order valence-electron chi connectivity index (χ4n) is 2.30. The van der Waals surface area contributed by atoms with E-state index in [0.29, 0.717) is 5.56 Å². The molecule has 0 radical (unpaired) electrons. The fourth-order valence-corrected chi connectivity index (χ4v) is 3.32. The molecule has 0 aliphatic carbocycles. The molecule has 3 rings (SSSR count). The predicted octanol–water partition coefficient (Wildman–Crippen LogP) is 3.60. The van der Waals surface area contributed by atoms with E-state index in [-0.39, 0.29) is 5.91 Å². The standard InChI is InChI=1S/C17H16N2OS/c1-11-8-9-12(2)13(10-11)16(20)18-17-19(3)14-6-4-5-7-15(14)21-17/h4-10H,1-3H3. The summed E-state index contributed by atoms with van der Waals surface area (Å²) in [5.74, 6) is -0.182. The van der Waals surface area contributed by atoms with Crippen molar-refractivity contribution in [3.05, 3.63) is 64.0 Å². The maximum Gasteiger partial charge on any atom is 0.279 e. The van der Waals surface area contributed by atoms with Crippen LogP contribution in [0.2, 0.25) is 0 Å². The van der Waals surface area contributed by atoms with Gasteiger partial charge in [0.1, 0.15) is 0 Å². The van der Waals surface area contributed by atoms with Crippen molar-refractivity contribution < 1.29 is 4.79 Å². The lowest BCUT2D eigenvalue weighted by Gasteiger charge is -2.02. The number of hydrogen-bond donors (Lipinski definition) is 0. The van der Waals surface area contributed by atoms with Gasteiger partial charge in [-0.15, -0.1) is 0 Å². The molecule has 3 nitrogen and oxygen atoms in total. The number of para-hydroxylation sites is 1. The van der Waals surface area contributed by atoms with Crippen LogP contribution in [0.4, 0.5) is 0 Å². The van der Waals surface area contributed by atoms with Crippen LogP contribution in [0.5, 0.6) is 0 Å². The summed E-state index contributed by atoms with van der Waals surface area (Å²) in [6, 6.07) is 13.9. The second-order valence-electron chi connectivity index (χ2n) is 5.15. The van der Waals surface area contributed by atoms with E-state index in [4.69, 9.17) is 0 Å². The molecule has 0 atom stereocenters. The highest BCUT2D eigenvalue weighted by Gasteiger charge is 2.09. The van der Waals surface area contributed by atoms with Gasteiger partial charge in [0.2, 0.25) is 0 Å². The number of fused-ring (bicyclic) bond motifs is 1. The molecule has 2 aromatic carbocycles. The van der Waals surface area contributed by atoms with Crippen LogP contribution in [0.1, 0.15) is 21.5 Å². The molecule has 0 spiro atoms. The first-order chi connectivity index (χ1) is 10.1. The van der Waals surface area contributed by atoms with Crippen LogP contribution >= 0.6 is 11.3 Å². The Hall–Kier alpha value is -2.20. The zero-order chi connectivity index (χ0) is 15.0. The van der Waals surface area contributed by atoms with Gasteiger partial charge in [0.05, 0.1) is 10.2 Å². The summed E-state index contributed by atoms with van der Waals surface area (Å²) in [7, 11) is 1.94. The molecule has 4 heteroatoms. The summed E-state index contributed by atoms with van der Waals surface area (Å²) in [4.78, 5) is 17.5. The molecule has 0 saturated heterocycles. The zero-order valence-electron chi connectivity index (χ0n) is 12.3. The average Bonchev–Trinajstić information content (AvgIpc) is 2.78. The summed E-state index contributed by atoms with van der Waals surface area (Å²) in [6.45, 7) is 3.92. The third kappa shape index (κ3) is 2.54. The smallest absolute Gasteiger partial charge is 0.279 e. The SMILES string of the molecule is Cc1ccc(C)c(C(=O)N=c2sc3ccccc3n2C)c1. The number of thiazole rings is 1. The number of amides is 1. The number of carbonyl (C=O) groups is 1. The Balaban J connectivity index is 2.13. The molecule has 0 N–H and O–H groups in total. The zero-order valence-corrected chi connectivity index (χ0v) is 13.1. The number of hydrogen-bond acceptors (Lipinski definition) is 2. The number of nitrogens with zero attached hydrogens (tertiary/aromatic N) is 2. The first-order valence-corrected chi connectivity index (χ1v) is 7.59. The minimum Gasteiger partial charge on any atom is -0.319 e. The fraction of sp³-hybridized carbons (Fsp3) is 0.176. The highest BCUT2D eigenvalue weighted by molar-refractivity contribution is 7.16. The van der Waals surface area contributed by atoms with Gasteiger partial charge in [-0.3, -0.25) is 4.79 Å². The van der Waals surface area contributed by atoms with Crippen LogP contribution in [0.15, 0.2) is 47.5 Å². The van der Waals surface area contributed by atoms with Crippen molar-refractivity contribution >= 4 is 27.5 Å². The highest BCUT2D eigenvalue weighted by atomic mass is 32.1. The number of aromatic nitrogens is 1. The van der Waals surface area contributed by atoms with Gasteiger partial charge >= 0.3 is 0 Å². The van der Waals surface area contributed by atoms with Gasteiger partial charge in [-0.1, -0.05) is 41.2 Å². The molecule has 0 aliphatic rings. The topological polar surface area (TPSA) is 34.4 Å². The summed E-state index contributed by atoms with van der Waals surface area (Å²) < 4.78 is 3.09. The lowest BCUT2D eigenvalue weighted by atomic mass is 10.1. The normalized spacial score (nSPS) is 12.0. The van der Waals surface area contributed by atoms with Crippen molar-refractivity contribution in [1.82, 2.24) is 4.57 Å². The molecule has 0 saturated carbocycles. The first kappa shape index (κ1) is 13.8. The number of rotatable bonds is 1. The molecule has 3 aromatic rings. The molecule has 106 valence electrons. The molecule has 0 bridgehead atoms. The Morgan fingerprint density at radius 1 is 1.14 bits per heavy atom. The maximum atomic E-state index is 12.4. The Bertz CT molecular complexity index is 903. The van der Waals surface area contributed by atoms with E-state index in [2.05, 4.69) is 4.99 Å². The quantitative estimate of drug-likeness (QED) is 0.675. The predicted molar refractivity (Wildman–Crippen MR) is 86.6 cm³/mol. The van der Waals surface area contributed by atoms with Crippen LogP contribution in [-0.2, 0) is 7.05 Å². The first-order valence-electron chi connectivity index (χ1n) is 6.77. The van der Waals surface area contributed by atoms with Crippen molar-refractivity contribution in [2.24, 2.45) is 12.0 Å². The monoisotopic (exact) mass is 296 g/mol. The average molecular weight is 296 g/mol. The molecule has 1 aromatic heterocycles. The van der Waals surface area contributed by atoms with E-state index >= 15 is 0 Å². The lowest BCUT2D eigenvalue weighted by Crippen LogP contribution is -2.13. The largest absolute Gasteiger partial charge is 0.319 e. The number of carbonyl (C=O) groups excluding carboxylic acids is 1. The van der Waals surface area contributed by atoms with Gasteiger partial charge in [0.25, 0.3) is 5.91 Å². The molecular formula is C17H16N2OS. The van der Waals surface area contributed by atoms with Gasteiger partial charge in [0, 0.05) is 12.6 Å². The van der Waals surface area contributed by atoms with Gasteiger partial charge in [-0.2, -0.15) is 4.99 Å². The van der Waals surface area contributed by atoms with E-state index in [1.54, 1.807) is 0 Å². The van der Waals surface area contributed by atoms with Crippen molar-refractivity contribution in [2.45, 2.75) is 13.8 Å². The van der Waals surface area contributed by atoms with Crippen LogP contribution < -0.4 is 4.80 Å². The molecule has 0 aliphatic heterocycles. The van der Waals surface area contributed by atoms with Crippen molar-refractivity contribution in [2.75, 3.05) is 0 Å². The third-order valence-electron chi connectivity index (χ3n) is 3.54. The molecule has 0 fully saturated rings. The minimum absolute atomic E-state index is 0.182. The van der Waals surface area contributed by atoms with Crippen molar-refractivity contribution in [1.29, 1.82) is 0 Å². The van der Waals surface area contributed by atoms with E-state index < -0.39 is 0 Å². The Morgan fingerprint density at radius 2 is 1.90 bits per heavy atom. The van der Waals surface area contributed by atoms with Crippen LogP contribution in [0.25, 0.3) is 10.2 Å². The van der Waals surface area contributed by atoms with E-state index in [1.807, 2.05) is 67.9 Å². The summed E-state index contributed by atoms with van der Waals surface area (Å²) >= 11 is 1.53. The highest BCUT2D eigenvalue weighted by Crippen LogP contribution is 2.16. The van der Waals surface area contributed by atoms with Crippen LogP contribution in [-0.4, -0.2) is 10.5 Å². The number of benzene rings is 2. The summed E-state index contributed by atoms with van der Waals surface area (Å²) in [5.41, 5.74) is 3.79. The minimum atomic E-state index is -0.182.